The maximum Gasteiger partial charge on any atom is 0.341 e. The number of nitrogens with one attached hydrogen (secondary N) is 2. The molecular weight excluding hydrogens is 583 g/mol. The number of thioether (sulfide) groups is 1. The van der Waals surface area contributed by atoms with E-state index in [2.05, 4.69) is 15.2 Å². The number of carbonyl (C=O) groups excluding carboxylic acids is 3. The molecule has 4 aromatic rings. The predicted molar refractivity (Wildman–Crippen MR) is 173 cm³/mol. The number of rotatable bonds is 12. The summed E-state index contributed by atoms with van der Waals surface area (Å²) in [6, 6.07) is 15.1. The number of hydrogen-bond donors (Lipinski definition) is 2. The van der Waals surface area contributed by atoms with Gasteiger partial charge in [0.15, 0.2) is 0 Å². The Morgan fingerprint density at radius 2 is 1.77 bits per heavy atom. The number of esters is 1. The van der Waals surface area contributed by atoms with E-state index in [-0.39, 0.29) is 23.5 Å². The molecule has 2 aromatic carbocycles. The first-order valence-electron chi connectivity index (χ1n) is 14.8. The fourth-order valence-corrected chi connectivity index (χ4v) is 7.51. The molecule has 0 aliphatic heterocycles. The summed E-state index contributed by atoms with van der Waals surface area (Å²) in [5.41, 5.74) is 3.19. The summed E-state index contributed by atoms with van der Waals surface area (Å²) >= 11 is 2.97. The first kappa shape index (κ1) is 30.7. The van der Waals surface area contributed by atoms with Crippen molar-refractivity contribution in [2.45, 2.75) is 57.4 Å². The number of carbonyl (C=O) groups is 3. The number of anilines is 1. The molecule has 10 heteroatoms. The zero-order chi connectivity index (χ0) is 30.2. The molecule has 5 rings (SSSR count). The monoisotopic (exact) mass is 619 g/mol. The Hall–Kier alpha value is -3.76. The van der Waals surface area contributed by atoms with E-state index in [1.807, 2.05) is 37.4 Å². The number of ether oxygens (including phenoxy) is 2. The standard InChI is InChI=1S/C33H37N3O5S2/c1-3-40-23-16-14-22(15-17-23)31(38)34-18-19-36-20-28(24-10-8-9-12-26(24)36)42-21-29(37)35-32-30(33(39)41-4-2)25-11-6-5-7-13-27(25)43-32/h8-10,12,14-17,20H,3-7,11,13,18-19,21H2,1-2H3,(H,34,38)(H,35,37). The van der Waals surface area contributed by atoms with Gasteiger partial charge >= 0.3 is 5.97 Å². The van der Waals surface area contributed by atoms with Crippen molar-refractivity contribution in [3.05, 3.63) is 76.3 Å². The van der Waals surface area contributed by atoms with Crippen molar-refractivity contribution < 1.29 is 23.9 Å². The normalized spacial score (nSPS) is 12.8. The van der Waals surface area contributed by atoms with Crippen LogP contribution in [0.3, 0.4) is 0 Å². The Balaban J connectivity index is 1.22. The number of thiophene rings is 1. The highest BCUT2D eigenvalue weighted by atomic mass is 32.2. The quantitative estimate of drug-likeness (QED) is 0.104. The average molecular weight is 620 g/mol. The Kier molecular flexibility index (Phi) is 10.4. The molecular formula is C33H37N3O5S2. The number of nitrogens with zero attached hydrogens (tertiary/aromatic N) is 1. The molecule has 0 unspecified atom stereocenters. The zero-order valence-corrected chi connectivity index (χ0v) is 26.2. The van der Waals surface area contributed by atoms with Crippen molar-refractivity contribution in [3.63, 3.8) is 0 Å². The van der Waals surface area contributed by atoms with Crippen LogP contribution in [0.15, 0.2) is 59.6 Å². The minimum Gasteiger partial charge on any atom is -0.494 e. The number of aryl methyl sites for hydroxylation is 1. The third kappa shape index (κ3) is 7.43. The molecule has 226 valence electrons. The van der Waals surface area contributed by atoms with E-state index in [1.165, 1.54) is 28.0 Å². The number of fused-ring (bicyclic) bond motifs is 2. The van der Waals surface area contributed by atoms with Gasteiger partial charge in [0.05, 0.1) is 24.5 Å². The van der Waals surface area contributed by atoms with Crippen LogP contribution in [0, 0.1) is 0 Å². The summed E-state index contributed by atoms with van der Waals surface area (Å²) in [4.78, 5) is 40.8. The molecule has 2 amide bonds. The van der Waals surface area contributed by atoms with Crippen LogP contribution in [0.1, 0.15) is 64.3 Å². The van der Waals surface area contributed by atoms with Crippen LogP contribution in [-0.2, 0) is 28.9 Å². The summed E-state index contributed by atoms with van der Waals surface area (Å²) < 4.78 is 12.9. The van der Waals surface area contributed by atoms with Crippen LogP contribution in [0.25, 0.3) is 10.9 Å². The minimum atomic E-state index is -0.359. The molecule has 8 nitrogen and oxygen atoms in total. The van der Waals surface area contributed by atoms with Gasteiger partial charge in [-0.15, -0.1) is 23.1 Å². The van der Waals surface area contributed by atoms with Crippen LogP contribution < -0.4 is 15.4 Å². The van der Waals surface area contributed by atoms with Crippen LogP contribution >= 0.6 is 23.1 Å². The van der Waals surface area contributed by atoms with Gasteiger partial charge in [-0.25, -0.2) is 4.79 Å². The summed E-state index contributed by atoms with van der Waals surface area (Å²) in [5, 5.41) is 7.66. The molecule has 1 aliphatic carbocycles. The molecule has 0 atom stereocenters. The molecule has 0 fully saturated rings. The molecule has 2 N–H and O–H groups in total. The lowest BCUT2D eigenvalue weighted by Gasteiger charge is -2.09. The molecule has 43 heavy (non-hydrogen) atoms. The van der Waals surface area contributed by atoms with Gasteiger partial charge in [-0.05, 0) is 75.4 Å². The van der Waals surface area contributed by atoms with Gasteiger partial charge in [-0.3, -0.25) is 9.59 Å². The highest BCUT2D eigenvalue weighted by molar-refractivity contribution is 8.00. The summed E-state index contributed by atoms with van der Waals surface area (Å²) in [6.45, 7) is 5.62. The third-order valence-corrected chi connectivity index (χ3v) is 9.58. The van der Waals surface area contributed by atoms with Crippen LogP contribution in [0.4, 0.5) is 5.00 Å². The average Bonchev–Trinajstić information content (AvgIpc) is 3.44. The van der Waals surface area contributed by atoms with E-state index in [0.717, 1.165) is 59.2 Å². The maximum absolute atomic E-state index is 13.1. The number of aromatic nitrogens is 1. The number of para-hydroxylation sites is 1. The summed E-state index contributed by atoms with van der Waals surface area (Å²) in [7, 11) is 0. The van der Waals surface area contributed by atoms with E-state index in [0.29, 0.717) is 42.4 Å². The third-order valence-electron chi connectivity index (χ3n) is 7.33. The lowest BCUT2D eigenvalue weighted by atomic mass is 10.1. The van der Waals surface area contributed by atoms with Crippen molar-refractivity contribution in [1.29, 1.82) is 0 Å². The van der Waals surface area contributed by atoms with Crippen molar-refractivity contribution >= 4 is 56.8 Å². The molecule has 0 saturated carbocycles. The Morgan fingerprint density at radius 1 is 0.977 bits per heavy atom. The van der Waals surface area contributed by atoms with Gasteiger partial charge in [-0.1, -0.05) is 24.6 Å². The van der Waals surface area contributed by atoms with E-state index in [1.54, 1.807) is 31.2 Å². The van der Waals surface area contributed by atoms with E-state index < -0.39 is 0 Å². The number of hydrogen-bond acceptors (Lipinski definition) is 7. The second-order valence-corrected chi connectivity index (χ2v) is 12.4. The Labute approximate surface area is 260 Å². The second kappa shape index (κ2) is 14.6. The van der Waals surface area contributed by atoms with Crippen molar-refractivity contribution in [2.24, 2.45) is 0 Å². The fourth-order valence-electron chi connectivity index (χ4n) is 5.33. The summed E-state index contributed by atoms with van der Waals surface area (Å²) in [6.07, 6.45) is 7.07. The maximum atomic E-state index is 13.1. The lowest BCUT2D eigenvalue weighted by molar-refractivity contribution is -0.113. The van der Waals surface area contributed by atoms with Crippen molar-refractivity contribution in [3.8, 4) is 5.75 Å². The van der Waals surface area contributed by atoms with Gasteiger partial charge in [0.2, 0.25) is 5.91 Å². The second-order valence-electron chi connectivity index (χ2n) is 10.2. The fraction of sp³-hybridized carbons (Fsp3) is 0.364. The topological polar surface area (TPSA) is 98.7 Å². The molecule has 0 saturated heterocycles. The van der Waals surface area contributed by atoms with Crippen LogP contribution in [0.5, 0.6) is 5.75 Å². The molecule has 0 spiro atoms. The van der Waals surface area contributed by atoms with Crippen molar-refractivity contribution in [1.82, 2.24) is 9.88 Å². The number of benzene rings is 2. The molecule has 2 aromatic heterocycles. The van der Waals surface area contributed by atoms with Gasteiger partial charge in [0.1, 0.15) is 10.8 Å². The van der Waals surface area contributed by atoms with Crippen LogP contribution in [0.2, 0.25) is 0 Å². The first-order valence-corrected chi connectivity index (χ1v) is 16.6. The summed E-state index contributed by atoms with van der Waals surface area (Å²) in [5.74, 6) is 0.279. The smallest absolute Gasteiger partial charge is 0.341 e. The van der Waals surface area contributed by atoms with E-state index in [9.17, 15) is 14.4 Å². The van der Waals surface area contributed by atoms with Gasteiger partial charge in [0.25, 0.3) is 5.91 Å². The SMILES string of the molecule is CCOC(=O)c1c(NC(=O)CSc2cn(CCNC(=O)c3ccc(OCC)cc3)c3ccccc23)sc2c1CCCCC2. The first-order chi connectivity index (χ1) is 21.0. The van der Waals surface area contributed by atoms with E-state index >= 15 is 0 Å². The molecule has 2 heterocycles. The van der Waals surface area contributed by atoms with Crippen LogP contribution in [-0.4, -0.2) is 47.9 Å². The highest BCUT2D eigenvalue weighted by Gasteiger charge is 2.26. The van der Waals surface area contributed by atoms with Gasteiger partial charge < -0.3 is 24.7 Å². The predicted octanol–water partition coefficient (Wildman–Crippen LogP) is 6.71. The zero-order valence-electron chi connectivity index (χ0n) is 24.6. The Morgan fingerprint density at radius 3 is 2.56 bits per heavy atom. The van der Waals surface area contributed by atoms with Gasteiger partial charge in [-0.2, -0.15) is 0 Å². The van der Waals surface area contributed by atoms with Crippen molar-refractivity contribution in [2.75, 3.05) is 30.8 Å². The minimum absolute atomic E-state index is 0.140. The lowest BCUT2D eigenvalue weighted by Crippen LogP contribution is -2.27. The Bertz CT molecular complexity index is 1590. The molecule has 0 bridgehead atoms. The number of amides is 2. The largest absolute Gasteiger partial charge is 0.494 e. The highest BCUT2D eigenvalue weighted by Crippen LogP contribution is 2.38. The molecule has 0 radical (unpaired) electrons. The van der Waals surface area contributed by atoms with E-state index in [4.69, 9.17) is 9.47 Å². The molecule has 1 aliphatic rings. The van der Waals surface area contributed by atoms with Gasteiger partial charge in [0, 0.05) is 45.5 Å².